The zero-order chi connectivity index (χ0) is 13.8. The normalized spacial score (nSPS) is 15.9. The van der Waals surface area contributed by atoms with Crippen LogP contribution in [0.15, 0.2) is 18.2 Å². The van der Waals surface area contributed by atoms with Crippen LogP contribution in [0.4, 0.5) is 4.39 Å². The molecule has 19 heavy (non-hydrogen) atoms. The predicted molar refractivity (Wildman–Crippen MR) is 72.6 cm³/mol. The number of halogens is 1. The highest BCUT2D eigenvalue weighted by Crippen LogP contribution is 2.13. The molecule has 0 spiro atoms. The molecule has 1 aliphatic heterocycles. The van der Waals surface area contributed by atoms with Gasteiger partial charge in [0.05, 0.1) is 0 Å². The number of amides is 1. The zero-order valence-corrected chi connectivity index (χ0v) is 11.4. The van der Waals surface area contributed by atoms with Crippen molar-refractivity contribution in [3.63, 3.8) is 0 Å². The summed E-state index contributed by atoms with van der Waals surface area (Å²) in [6, 6.07) is 4.59. The summed E-state index contributed by atoms with van der Waals surface area (Å²) in [4.78, 5) is 16.0. The van der Waals surface area contributed by atoms with Crippen LogP contribution in [0.25, 0.3) is 0 Å². The Kier molecular flexibility index (Phi) is 4.50. The van der Waals surface area contributed by atoms with E-state index in [4.69, 9.17) is 0 Å². The van der Waals surface area contributed by atoms with Gasteiger partial charge in [-0.05, 0) is 37.9 Å². The monoisotopic (exact) mass is 265 g/mol. The molecule has 0 aliphatic carbocycles. The predicted octanol–water partition coefficient (Wildman–Crippen LogP) is 0.933. The minimum absolute atomic E-state index is 0.0824. The molecule has 1 N–H and O–H groups in total. The Morgan fingerprint density at radius 3 is 2.63 bits per heavy atom. The highest BCUT2D eigenvalue weighted by Gasteiger charge is 2.19. The summed E-state index contributed by atoms with van der Waals surface area (Å²) in [5.74, 6) is -0.432. The van der Waals surface area contributed by atoms with E-state index in [1.807, 2.05) is 19.0 Å². The molecular formula is C14H20FN3O. The second-order valence-corrected chi connectivity index (χ2v) is 5.13. The Morgan fingerprint density at radius 1 is 1.32 bits per heavy atom. The van der Waals surface area contributed by atoms with E-state index >= 15 is 0 Å². The Bertz CT molecular complexity index is 456. The van der Waals surface area contributed by atoms with Crippen molar-refractivity contribution in [1.82, 2.24) is 15.1 Å². The van der Waals surface area contributed by atoms with Crippen LogP contribution in [0.2, 0.25) is 0 Å². The molecule has 0 saturated carbocycles. The number of hydrogen-bond donors (Lipinski definition) is 1. The van der Waals surface area contributed by atoms with E-state index in [1.54, 1.807) is 11.0 Å². The van der Waals surface area contributed by atoms with Gasteiger partial charge in [-0.3, -0.25) is 4.79 Å². The largest absolute Gasteiger partial charge is 0.336 e. The molecule has 4 nitrogen and oxygen atoms in total. The summed E-state index contributed by atoms with van der Waals surface area (Å²) >= 11 is 0. The fourth-order valence-corrected chi connectivity index (χ4v) is 2.28. The van der Waals surface area contributed by atoms with E-state index in [0.29, 0.717) is 25.2 Å². The van der Waals surface area contributed by atoms with Gasteiger partial charge in [0.2, 0.25) is 0 Å². The van der Waals surface area contributed by atoms with Gasteiger partial charge in [0, 0.05) is 38.3 Å². The topological polar surface area (TPSA) is 35.6 Å². The van der Waals surface area contributed by atoms with Gasteiger partial charge >= 0.3 is 0 Å². The van der Waals surface area contributed by atoms with Gasteiger partial charge in [0.25, 0.3) is 5.91 Å². The second kappa shape index (κ2) is 6.12. The number of carbonyl (C=O) groups is 1. The third-order valence-electron chi connectivity index (χ3n) is 3.11. The number of hydrogen-bond acceptors (Lipinski definition) is 3. The lowest BCUT2D eigenvalue weighted by atomic mass is 10.1. The highest BCUT2D eigenvalue weighted by atomic mass is 19.1. The molecule has 1 aromatic carbocycles. The van der Waals surface area contributed by atoms with Gasteiger partial charge in [-0.25, -0.2) is 4.39 Å². The Balaban J connectivity index is 2.18. The van der Waals surface area contributed by atoms with E-state index in [2.05, 4.69) is 5.32 Å². The maximum atomic E-state index is 13.6. The van der Waals surface area contributed by atoms with Crippen molar-refractivity contribution in [3.05, 3.63) is 35.1 Å². The first-order valence-electron chi connectivity index (χ1n) is 6.50. The van der Waals surface area contributed by atoms with Gasteiger partial charge < -0.3 is 15.1 Å². The molecule has 104 valence electrons. The van der Waals surface area contributed by atoms with Gasteiger partial charge in [0.1, 0.15) is 5.82 Å². The third kappa shape index (κ3) is 3.75. The van der Waals surface area contributed by atoms with E-state index in [0.717, 1.165) is 18.7 Å². The number of nitrogens with zero attached hydrogens (tertiary/aromatic N) is 2. The van der Waals surface area contributed by atoms with Crippen LogP contribution in [0.5, 0.6) is 0 Å². The van der Waals surface area contributed by atoms with Crippen LogP contribution in [-0.2, 0) is 6.54 Å². The lowest BCUT2D eigenvalue weighted by Crippen LogP contribution is -2.46. The number of benzene rings is 1. The first-order chi connectivity index (χ1) is 9.06. The number of piperazine rings is 1. The van der Waals surface area contributed by atoms with Crippen molar-refractivity contribution in [3.8, 4) is 0 Å². The molecule has 1 aliphatic rings. The molecule has 1 heterocycles. The van der Waals surface area contributed by atoms with E-state index in [9.17, 15) is 9.18 Å². The van der Waals surface area contributed by atoms with Gasteiger partial charge in [-0.2, -0.15) is 0 Å². The molecular weight excluding hydrogens is 245 g/mol. The Morgan fingerprint density at radius 2 is 2.00 bits per heavy atom. The summed E-state index contributed by atoms with van der Waals surface area (Å²) in [5, 5.41) is 3.20. The minimum atomic E-state index is -0.349. The molecule has 0 atom stereocenters. The third-order valence-corrected chi connectivity index (χ3v) is 3.11. The maximum Gasteiger partial charge on any atom is 0.254 e. The molecule has 0 unspecified atom stereocenters. The molecule has 0 bridgehead atoms. The minimum Gasteiger partial charge on any atom is -0.336 e. The summed E-state index contributed by atoms with van der Waals surface area (Å²) in [5.41, 5.74) is 1.27. The quantitative estimate of drug-likeness (QED) is 0.883. The standard InChI is InChI=1S/C14H20FN3O/c1-17(2)10-11-7-12(9-13(15)8-11)14(19)18-5-3-16-4-6-18/h7-9,16H,3-6,10H2,1-2H3. The molecule has 1 amide bonds. The second-order valence-electron chi connectivity index (χ2n) is 5.13. The average molecular weight is 265 g/mol. The van der Waals surface area contributed by atoms with Crippen LogP contribution in [0.1, 0.15) is 15.9 Å². The Labute approximate surface area is 113 Å². The lowest BCUT2D eigenvalue weighted by molar-refractivity contribution is 0.0735. The van der Waals surface area contributed by atoms with Crippen molar-refractivity contribution >= 4 is 5.91 Å². The van der Waals surface area contributed by atoms with Crippen molar-refractivity contribution in [1.29, 1.82) is 0 Å². The zero-order valence-electron chi connectivity index (χ0n) is 11.4. The van der Waals surface area contributed by atoms with Crippen molar-refractivity contribution < 1.29 is 9.18 Å². The van der Waals surface area contributed by atoms with E-state index in [-0.39, 0.29) is 11.7 Å². The van der Waals surface area contributed by atoms with Gasteiger partial charge in [-0.15, -0.1) is 0 Å². The van der Waals surface area contributed by atoms with E-state index in [1.165, 1.54) is 12.1 Å². The van der Waals surface area contributed by atoms with Crippen molar-refractivity contribution in [2.75, 3.05) is 40.3 Å². The average Bonchev–Trinajstić information content (AvgIpc) is 2.37. The van der Waals surface area contributed by atoms with Crippen LogP contribution in [0, 0.1) is 5.82 Å². The Hall–Kier alpha value is -1.46. The molecule has 0 aromatic heterocycles. The summed E-state index contributed by atoms with van der Waals surface area (Å²) in [6.07, 6.45) is 0. The van der Waals surface area contributed by atoms with Crippen LogP contribution in [0.3, 0.4) is 0 Å². The summed E-state index contributed by atoms with van der Waals surface area (Å²) in [6.45, 7) is 3.58. The highest BCUT2D eigenvalue weighted by molar-refractivity contribution is 5.94. The number of nitrogens with one attached hydrogen (secondary N) is 1. The van der Waals surface area contributed by atoms with Crippen LogP contribution >= 0.6 is 0 Å². The summed E-state index contributed by atoms with van der Waals surface area (Å²) in [7, 11) is 3.84. The molecule has 0 radical (unpaired) electrons. The van der Waals surface area contributed by atoms with E-state index < -0.39 is 0 Å². The number of rotatable bonds is 3. The molecule has 2 rings (SSSR count). The fraction of sp³-hybridized carbons (Fsp3) is 0.500. The molecule has 5 heteroatoms. The fourth-order valence-electron chi connectivity index (χ4n) is 2.28. The molecule has 1 saturated heterocycles. The SMILES string of the molecule is CN(C)Cc1cc(F)cc(C(=O)N2CCNCC2)c1. The van der Waals surface area contributed by atoms with Gasteiger partial charge in [-0.1, -0.05) is 0 Å². The van der Waals surface area contributed by atoms with Crippen LogP contribution < -0.4 is 5.32 Å². The first-order valence-corrected chi connectivity index (χ1v) is 6.50. The maximum absolute atomic E-state index is 13.6. The summed E-state index contributed by atoms with van der Waals surface area (Å²) < 4.78 is 13.6. The number of carbonyl (C=O) groups excluding carboxylic acids is 1. The molecule has 1 fully saturated rings. The van der Waals surface area contributed by atoms with Crippen molar-refractivity contribution in [2.24, 2.45) is 0 Å². The first kappa shape index (κ1) is 14.0. The van der Waals surface area contributed by atoms with Crippen molar-refractivity contribution in [2.45, 2.75) is 6.54 Å². The lowest BCUT2D eigenvalue weighted by Gasteiger charge is -2.27. The van der Waals surface area contributed by atoms with Gasteiger partial charge in [0.15, 0.2) is 0 Å². The van der Waals surface area contributed by atoms with Crippen LogP contribution in [-0.4, -0.2) is 56.0 Å². The molecule has 1 aromatic rings. The smallest absolute Gasteiger partial charge is 0.254 e.